The summed E-state index contributed by atoms with van der Waals surface area (Å²) in [4.78, 5) is 36.0. The predicted molar refractivity (Wildman–Crippen MR) is 102 cm³/mol. The van der Waals surface area contributed by atoms with Gasteiger partial charge in [-0.25, -0.2) is 9.59 Å². The number of ether oxygens (including phenoxy) is 4. The van der Waals surface area contributed by atoms with Gasteiger partial charge in [0.1, 0.15) is 27.8 Å². The zero-order valence-corrected chi connectivity index (χ0v) is 16.6. The van der Waals surface area contributed by atoms with E-state index >= 15 is 0 Å². The third-order valence-corrected chi connectivity index (χ3v) is 4.81. The first-order chi connectivity index (χ1) is 13.4. The number of hydrogen-bond donors (Lipinski definition) is 1. The van der Waals surface area contributed by atoms with Crippen LogP contribution in [0.4, 0.5) is 5.00 Å². The van der Waals surface area contributed by atoms with E-state index in [2.05, 4.69) is 4.74 Å². The SMILES string of the molecule is COC(=O)c1sc(N)c(C(=O)OC)c1COC(=O)CCOc1ccc(C)cc1. The zero-order valence-electron chi connectivity index (χ0n) is 15.8. The summed E-state index contributed by atoms with van der Waals surface area (Å²) in [5.74, 6) is -1.31. The molecule has 0 atom stereocenters. The van der Waals surface area contributed by atoms with Gasteiger partial charge in [-0.15, -0.1) is 11.3 Å². The van der Waals surface area contributed by atoms with E-state index in [4.69, 9.17) is 19.9 Å². The molecule has 0 saturated carbocycles. The fourth-order valence-corrected chi connectivity index (χ4v) is 3.30. The van der Waals surface area contributed by atoms with E-state index in [1.165, 1.54) is 14.2 Å². The van der Waals surface area contributed by atoms with Crippen LogP contribution in [0.3, 0.4) is 0 Å². The van der Waals surface area contributed by atoms with E-state index in [1.807, 2.05) is 19.1 Å². The van der Waals surface area contributed by atoms with Gasteiger partial charge in [0.15, 0.2) is 0 Å². The van der Waals surface area contributed by atoms with E-state index in [9.17, 15) is 14.4 Å². The second kappa shape index (κ2) is 9.75. The average molecular weight is 407 g/mol. The number of carbonyl (C=O) groups excluding carboxylic acids is 3. The van der Waals surface area contributed by atoms with Gasteiger partial charge in [-0.1, -0.05) is 17.7 Å². The molecule has 1 heterocycles. The van der Waals surface area contributed by atoms with Crippen molar-refractivity contribution in [1.29, 1.82) is 0 Å². The van der Waals surface area contributed by atoms with Crippen LogP contribution in [0.25, 0.3) is 0 Å². The number of thiophene rings is 1. The molecule has 8 nitrogen and oxygen atoms in total. The topological polar surface area (TPSA) is 114 Å². The first-order valence-corrected chi connectivity index (χ1v) is 9.11. The van der Waals surface area contributed by atoms with Gasteiger partial charge in [0, 0.05) is 5.56 Å². The monoisotopic (exact) mass is 407 g/mol. The highest BCUT2D eigenvalue weighted by atomic mass is 32.1. The number of nitrogen functional groups attached to an aromatic ring is 1. The maximum Gasteiger partial charge on any atom is 0.348 e. The Bertz CT molecular complexity index is 858. The number of benzene rings is 1. The van der Waals surface area contributed by atoms with Crippen molar-refractivity contribution < 1.29 is 33.3 Å². The van der Waals surface area contributed by atoms with Crippen LogP contribution in [-0.4, -0.2) is 38.7 Å². The molecule has 0 aliphatic carbocycles. The minimum Gasteiger partial charge on any atom is -0.493 e. The Labute approximate surface area is 166 Å². The normalized spacial score (nSPS) is 10.2. The highest BCUT2D eigenvalue weighted by Gasteiger charge is 2.28. The Kier molecular flexibility index (Phi) is 7.39. The third-order valence-electron chi connectivity index (χ3n) is 3.77. The molecule has 0 radical (unpaired) electrons. The Hall–Kier alpha value is -3.07. The largest absolute Gasteiger partial charge is 0.493 e. The molecule has 0 bridgehead atoms. The molecular weight excluding hydrogens is 386 g/mol. The van der Waals surface area contributed by atoms with E-state index in [0.717, 1.165) is 16.9 Å². The second-order valence-electron chi connectivity index (χ2n) is 5.70. The lowest BCUT2D eigenvalue weighted by atomic mass is 10.1. The van der Waals surface area contributed by atoms with Crippen LogP contribution in [0.5, 0.6) is 5.75 Å². The molecule has 0 saturated heterocycles. The summed E-state index contributed by atoms with van der Waals surface area (Å²) in [6, 6.07) is 7.41. The van der Waals surface area contributed by atoms with Crippen LogP contribution >= 0.6 is 11.3 Å². The van der Waals surface area contributed by atoms with Crippen LogP contribution in [0.2, 0.25) is 0 Å². The molecule has 0 amide bonds. The summed E-state index contributed by atoms with van der Waals surface area (Å²) >= 11 is 0.872. The lowest BCUT2D eigenvalue weighted by molar-refractivity contribution is -0.145. The molecule has 2 rings (SSSR count). The van der Waals surface area contributed by atoms with Crippen LogP contribution < -0.4 is 10.5 Å². The number of methoxy groups -OCH3 is 2. The Morgan fingerprint density at radius 2 is 1.68 bits per heavy atom. The fraction of sp³-hybridized carbons (Fsp3) is 0.316. The molecule has 9 heteroatoms. The standard InChI is InChI=1S/C19H21NO7S/c1-11-4-6-12(7-5-11)26-9-8-14(21)27-10-13-15(18(22)24-2)17(20)28-16(13)19(23)25-3/h4-7H,8-10,20H2,1-3H3. The second-order valence-corrected chi connectivity index (χ2v) is 6.76. The highest BCUT2D eigenvalue weighted by molar-refractivity contribution is 7.18. The van der Waals surface area contributed by atoms with Gasteiger partial charge in [-0.3, -0.25) is 4.79 Å². The number of hydrogen-bond acceptors (Lipinski definition) is 9. The molecule has 0 aliphatic rings. The minimum atomic E-state index is -0.724. The highest BCUT2D eigenvalue weighted by Crippen LogP contribution is 2.33. The van der Waals surface area contributed by atoms with E-state index < -0.39 is 17.9 Å². The van der Waals surface area contributed by atoms with E-state index in [-0.39, 0.29) is 40.6 Å². The summed E-state index contributed by atoms with van der Waals surface area (Å²) in [5, 5.41) is 0.0843. The van der Waals surface area contributed by atoms with Crippen molar-refractivity contribution in [2.75, 3.05) is 26.6 Å². The van der Waals surface area contributed by atoms with Gasteiger partial charge >= 0.3 is 17.9 Å². The number of anilines is 1. The molecule has 0 fully saturated rings. The molecular formula is C19H21NO7S. The summed E-state index contributed by atoms with van der Waals surface area (Å²) in [7, 11) is 2.39. The zero-order chi connectivity index (χ0) is 20.7. The van der Waals surface area contributed by atoms with E-state index in [0.29, 0.717) is 5.75 Å². The van der Waals surface area contributed by atoms with Crippen molar-refractivity contribution in [3.63, 3.8) is 0 Å². The van der Waals surface area contributed by atoms with Crippen molar-refractivity contribution in [2.24, 2.45) is 0 Å². The number of carbonyl (C=O) groups is 3. The van der Waals surface area contributed by atoms with Crippen LogP contribution in [-0.2, 0) is 25.6 Å². The van der Waals surface area contributed by atoms with Gasteiger partial charge in [-0.2, -0.15) is 0 Å². The first-order valence-electron chi connectivity index (χ1n) is 8.30. The number of esters is 3. The summed E-state index contributed by atoms with van der Waals surface area (Å²) in [5.41, 5.74) is 7.08. The van der Waals surface area contributed by atoms with Gasteiger partial charge in [0.25, 0.3) is 0 Å². The minimum absolute atomic E-state index is 0.00314. The molecule has 2 N–H and O–H groups in total. The molecule has 28 heavy (non-hydrogen) atoms. The smallest absolute Gasteiger partial charge is 0.348 e. The quantitative estimate of drug-likeness (QED) is 0.525. The lowest BCUT2D eigenvalue weighted by Crippen LogP contribution is -2.14. The number of nitrogens with two attached hydrogens (primary N) is 1. The van der Waals surface area contributed by atoms with Gasteiger partial charge in [0.2, 0.25) is 0 Å². The van der Waals surface area contributed by atoms with Crippen LogP contribution in [0.1, 0.15) is 37.6 Å². The van der Waals surface area contributed by atoms with Gasteiger partial charge in [0.05, 0.1) is 27.2 Å². The summed E-state index contributed by atoms with van der Waals surface area (Å²) in [6.07, 6.45) is -0.00535. The van der Waals surface area contributed by atoms with Crippen LogP contribution in [0, 0.1) is 6.92 Å². The van der Waals surface area contributed by atoms with Crippen molar-refractivity contribution in [2.45, 2.75) is 20.0 Å². The molecule has 150 valence electrons. The lowest BCUT2D eigenvalue weighted by Gasteiger charge is -2.09. The van der Waals surface area contributed by atoms with E-state index in [1.54, 1.807) is 12.1 Å². The maximum atomic E-state index is 12.0. The average Bonchev–Trinajstić information content (AvgIpc) is 3.02. The molecule has 2 aromatic rings. The molecule has 0 unspecified atom stereocenters. The summed E-state index contributed by atoms with van der Waals surface area (Å²) in [6.45, 7) is 1.77. The van der Waals surface area contributed by atoms with Crippen molar-refractivity contribution in [3.8, 4) is 5.75 Å². The first kappa shape index (κ1) is 21.2. The van der Waals surface area contributed by atoms with Gasteiger partial charge < -0.3 is 24.7 Å². The predicted octanol–water partition coefficient (Wildman–Crippen LogP) is 2.72. The van der Waals surface area contributed by atoms with Crippen LogP contribution in [0.15, 0.2) is 24.3 Å². The Balaban J connectivity index is 2.00. The molecule has 0 aliphatic heterocycles. The number of rotatable bonds is 8. The van der Waals surface area contributed by atoms with Crippen molar-refractivity contribution in [1.82, 2.24) is 0 Å². The van der Waals surface area contributed by atoms with Crippen molar-refractivity contribution in [3.05, 3.63) is 45.8 Å². The Morgan fingerprint density at radius 3 is 2.29 bits per heavy atom. The molecule has 1 aromatic heterocycles. The maximum absolute atomic E-state index is 12.0. The number of aryl methyl sites for hydroxylation is 1. The molecule has 1 aromatic carbocycles. The van der Waals surface area contributed by atoms with Gasteiger partial charge in [-0.05, 0) is 19.1 Å². The Morgan fingerprint density at radius 1 is 1.04 bits per heavy atom. The van der Waals surface area contributed by atoms with Crippen molar-refractivity contribution >= 4 is 34.2 Å². The molecule has 0 spiro atoms. The summed E-state index contributed by atoms with van der Waals surface area (Å²) < 4.78 is 20.0. The third kappa shape index (κ3) is 5.23. The fourth-order valence-electron chi connectivity index (χ4n) is 2.32.